The van der Waals surface area contributed by atoms with Crippen molar-refractivity contribution in [3.05, 3.63) is 156 Å². The molecule has 9 unspecified atom stereocenters. The van der Waals surface area contributed by atoms with Crippen LogP contribution in [0.1, 0.15) is 72.9 Å². The molecule has 0 radical (unpaired) electrons. The van der Waals surface area contributed by atoms with Crippen molar-refractivity contribution in [2.24, 2.45) is 49.7 Å². The first-order chi connectivity index (χ1) is 28.3. The molecule has 308 valence electrons. The van der Waals surface area contributed by atoms with Crippen LogP contribution in [0.3, 0.4) is 0 Å². The fourth-order valence-electron chi connectivity index (χ4n) is 16.0. The Kier molecular flexibility index (Phi) is 8.73. The second kappa shape index (κ2) is 13.2. The number of allylic oxidation sites excluding steroid dienone is 16. The predicted octanol–water partition coefficient (Wildman–Crippen LogP) is 11.6. The molecule has 2 heterocycles. The zero-order valence-corrected chi connectivity index (χ0v) is 36.9. The average Bonchev–Trinajstić information content (AvgIpc) is 3.86. The molecule has 0 aromatic heterocycles. The van der Waals surface area contributed by atoms with Gasteiger partial charge in [0.2, 0.25) is 0 Å². The molecule has 4 nitrogen and oxygen atoms in total. The van der Waals surface area contributed by atoms with Crippen molar-refractivity contribution < 1.29 is 9.47 Å². The molecule has 0 N–H and O–H groups in total. The van der Waals surface area contributed by atoms with E-state index < -0.39 is 5.41 Å². The SMILES string of the molecule is CC1=CC=CC2C(C(C3=CC=CC3)(c3ccccc3N3CCOCC3)c3ccccc3N3CCOCC3)C3(C)C4(C)C=CC=CC4(C)C4(C)C=CC=CC4(C)C3(C)C12C. The molecule has 0 spiro atoms. The van der Waals surface area contributed by atoms with E-state index in [9.17, 15) is 0 Å². The molecule has 0 amide bonds. The zero-order chi connectivity index (χ0) is 41.1. The van der Waals surface area contributed by atoms with Gasteiger partial charge in [0.05, 0.1) is 26.4 Å². The first-order valence-corrected chi connectivity index (χ1v) is 22.6. The monoisotopic (exact) mass is 787 g/mol. The number of benzene rings is 2. The van der Waals surface area contributed by atoms with Crippen molar-refractivity contribution in [1.29, 1.82) is 0 Å². The number of morpholine rings is 2. The van der Waals surface area contributed by atoms with Crippen LogP contribution in [0.15, 0.2) is 145 Å². The minimum absolute atomic E-state index is 0.126. The molecule has 0 bridgehead atoms. The van der Waals surface area contributed by atoms with Crippen LogP contribution in [0, 0.1) is 49.7 Å². The summed E-state index contributed by atoms with van der Waals surface area (Å²) in [5.41, 5.74) is 6.41. The first-order valence-electron chi connectivity index (χ1n) is 22.6. The molecular formula is C55H66N2O2. The van der Waals surface area contributed by atoms with E-state index in [1.165, 1.54) is 33.6 Å². The van der Waals surface area contributed by atoms with Crippen molar-refractivity contribution in [2.75, 3.05) is 62.4 Å². The van der Waals surface area contributed by atoms with E-state index in [4.69, 9.17) is 9.47 Å². The second-order valence-corrected chi connectivity index (χ2v) is 20.4. The third kappa shape index (κ3) is 4.38. The molecule has 4 heteroatoms. The lowest BCUT2D eigenvalue weighted by Gasteiger charge is -2.80. The third-order valence-electron chi connectivity index (χ3n) is 19.6. The fourth-order valence-corrected chi connectivity index (χ4v) is 16.0. The molecule has 2 saturated carbocycles. The van der Waals surface area contributed by atoms with E-state index in [0.717, 1.165) is 59.0 Å². The minimum atomic E-state index is -0.537. The van der Waals surface area contributed by atoms with Crippen LogP contribution in [0.2, 0.25) is 0 Å². The molecule has 2 saturated heterocycles. The summed E-state index contributed by atoms with van der Waals surface area (Å²) in [7, 11) is 0. The van der Waals surface area contributed by atoms with Gasteiger partial charge < -0.3 is 19.3 Å². The number of fused-ring (bicyclic) bond motifs is 8. The minimum Gasteiger partial charge on any atom is -0.378 e. The molecule has 10 rings (SSSR count). The van der Waals surface area contributed by atoms with Gasteiger partial charge in [-0.15, -0.1) is 0 Å². The summed E-state index contributed by atoms with van der Waals surface area (Å²) in [6.07, 6.45) is 36.0. The molecule has 2 aromatic carbocycles. The highest BCUT2D eigenvalue weighted by Gasteiger charge is 2.88. The Morgan fingerprint density at radius 3 is 1.59 bits per heavy atom. The molecule has 8 aliphatic rings. The lowest BCUT2D eigenvalue weighted by atomic mass is 9.22. The van der Waals surface area contributed by atoms with Gasteiger partial charge in [-0.2, -0.15) is 0 Å². The summed E-state index contributed by atoms with van der Waals surface area (Å²) in [4.78, 5) is 5.29. The van der Waals surface area contributed by atoms with Gasteiger partial charge in [0, 0.05) is 70.0 Å². The lowest BCUT2D eigenvalue weighted by Crippen LogP contribution is -2.76. The molecule has 2 aliphatic heterocycles. The molecule has 4 fully saturated rings. The number of nitrogens with zero attached hydrogens (tertiary/aromatic N) is 2. The van der Waals surface area contributed by atoms with Gasteiger partial charge in [-0.05, 0) is 59.3 Å². The highest BCUT2D eigenvalue weighted by atomic mass is 16.5. The van der Waals surface area contributed by atoms with E-state index in [1.54, 1.807) is 0 Å². The van der Waals surface area contributed by atoms with E-state index in [2.05, 4.69) is 199 Å². The average molecular weight is 787 g/mol. The van der Waals surface area contributed by atoms with E-state index in [0.29, 0.717) is 0 Å². The molecular weight excluding hydrogens is 721 g/mol. The lowest BCUT2D eigenvalue weighted by molar-refractivity contribution is -0.275. The Labute approximate surface area is 354 Å². The van der Waals surface area contributed by atoms with Crippen LogP contribution >= 0.6 is 0 Å². The van der Waals surface area contributed by atoms with Crippen LogP contribution in [-0.4, -0.2) is 52.6 Å². The molecule has 9 atom stereocenters. The Morgan fingerprint density at radius 1 is 0.576 bits per heavy atom. The van der Waals surface area contributed by atoms with Gasteiger partial charge in [0.15, 0.2) is 0 Å². The Hall–Kier alpha value is -4.12. The van der Waals surface area contributed by atoms with Crippen LogP contribution in [0.4, 0.5) is 11.4 Å². The largest absolute Gasteiger partial charge is 0.378 e. The Morgan fingerprint density at radius 2 is 1.07 bits per heavy atom. The maximum Gasteiger partial charge on any atom is 0.0642 e. The summed E-state index contributed by atoms with van der Waals surface area (Å²) in [5, 5.41) is 0. The van der Waals surface area contributed by atoms with Gasteiger partial charge in [0.1, 0.15) is 0 Å². The van der Waals surface area contributed by atoms with Gasteiger partial charge >= 0.3 is 0 Å². The molecule has 2 aromatic rings. The summed E-state index contributed by atoms with van der Waals surface area (Å²) in [6.45, 7) is 27.8. The number of anilines is 2. The first kappa shape index (κ1) is 39.0. The van der Waals surface area contributed by atoms with Gasteiger partial charge in [0.25, 0.3) is 0 Å². The fraction of sp³-hybridized carbons (Fsp3) is 0.491. The summed E-state index contributed by atoms with van der Waals surface area (Å²) >= 11 is 0. The summed E-state index contributed by atoms with van der Waals surface area (Å²) < 4.78 is 12.1. The van der Waals surface area contributed by atoms with Gasteiger partial charge in [-0.25, -0.2) is 0 Å². The number of hydrogen-bond donors (Lipinski definition) is 0. The molecule has 59 heavy (non-hydrogen) atoms. The van der Waals surface area contributed by atoms with E-state index in [1.807, 2.05) is 0 Å². The smallest absolute Gasteiger partial charge is 0.0642 e. The van der Waals surface area contributed by atoms with Crippen molar-refractivity contribution in [1.82, 2.24) is 0 Å². The number of hydrogen-bond acceptors (Lipinski definition) is 4. The van der Waals surface area contributed by atoms with Crippen LogP contribution in [0.5, 0.6) is 0 Å². The quantitative estimate of drug-likeness (QED) is 0.291. The predicted molar refractivity (Wildman–Crippen MR) is 245 cm³/mol. The summed E-state index contributed by atoms with van der Waals surface area (Å²) in [5.74, 6) is 0.333. The van der Waals surface area contributed by atoms with Crippen LogP contribution in [-0.2, 0) is 14.9 Å². The third-order valence-corrected chi connectivity index (χ3v) is 19.6. The Bertz CT molecular complexity index is 2230. The maximum atomic E-state index is 6.06. The topological polar surface area (TPSA) is 24.9 Å². The van der Waals surface area contributed by atoms with Crippen molar-refractivity contribution in [2.45, 2.75) is 67.2 Å². The van der Waals surface area contributed by atoms with Crippen LogP contribution < -0.4 is 9.80 Å². The van der Waals surface area contributed by atoms with Crippen molar-refractivity contribution >= 4 is 11.4 Å². The molecule has 6 aliphatic carbocycles. The Balaban J connectivity index is 1.42. The standard InChI is InChI=1S/C55H66N2O2/c1-40-20-19-25-44-47(53(7)50(4)30-17-15-28-48(50,2)49(3)29-16-18-31-51(49,5)54(53,8)52(40,44)6)55(41-21-9-10-22-41,42-23-11-13-26-45(42)56-32-36-58-37-33-56)43-24-12-14-27-46(43)57-34-38-59-39-35-57/h9-21,23-31,44,47H,22,32-39H2,1-8H3. The van der Waals surface area contributed by atoms with Gasteiger partial charge in [-0.3, -0.25) is 0 Å². The summed E-state index contributed by atoms with van der Waals surface area (Å²) in [6, 6.07) is 19.2. The zero-order valence-electron chi connectivity index (χ0n) is 36.9. The highest BCUT2D eigenvalue weighted by Crippen LogP contribution is 2.92. The number of ether oxygens (including phenoxy) is 2. The number of rotatable bonds is 6. The second-order valence-electron chi connectivity index (χ2n) is 20.4. The maximum absolute atomic E-state index is 6.06. The normalized spacial score (nSPS) is 40.7. The van der Waals surface area contributed by atoms with Gasteiger partial charge in [-0.1, -0.05) is 181 Å². The van der Waals surface area contributed by atoms with Crippen molar-refractivity contribution in [3.63, 3.8) is 0 Å². The van der Waals surface area contributed by atoms with Crippen molar-refractivity contribution in [3.8, 4) is 0 Å². The van der Waals surface area contributed by atoms with Crippen LogP contribution in [0.25, 0.3) is 0 Å². The highest BCUT2D eigenvalue weighted by molar-refractivity contribution is 5.72. The van der Waals surface area contributed by atoms with E-state index in [-0.39, 0.29) is 49.7 Å². The van der Waals surface area contributed by atoms with E-state index >= 15 is 0 Å². The number of para-hydroxylation sites is 2.